The number of rotatable bonds is 1. The molecule has 2 aliphatic carbocycles. The van der Waals surface area contributed by atoms with E-state index >= 15 is 0 Å². The van der Waals surface area contributed by atoms with E-state index in [4.69, 9.17) is 14.6 Å². The summed E-state index contributed by atoms with van der Waals surface area (Å²) in [4.78, 5) is 15.5. The maximum absolute atomic E-state index is 13.2. The fraction of sp³-hybridized carbons (Fsp3) is 0.429. The lowest BCUT2D eigenvalue weighted by molar-refractivity contribution is 0.0465. The molecule has 1 saturated carbocycles. The van der Waals surface area contributed by atoms with E-state index in [1.54, 1.807) is 6.07 Å². The molecule has 180 valence electrons. The number of carbonyl (C=O) groups is 1. The number of amides is 1. The third-order valence-corrected chi connectivity index (χ3v) is 8.07. The molecule has 2 aliphatic heterocycles. The Morgan fingerprint density at radius 3 is 2.80 bits per heavy atom. The quantitative estimate of drug-likeness (QED) is 0.510. The lowest BCUT2D eigenvalue weighted by Gasteiger charge is -2.28. The first-order chi connectivity index (χ1) is 17.1. The number of fused-ring (bicyclic) bond motifs is 7. The van der Waals surface area contributed by atoms with Crippen LogP contribution in [0.2, 0.25) is 0 Å². The maximum Gasteiger partial charge on any atom is 0.255 e. The van der Waals surface area contributed by atoms with Crippen LogP contribution >= 0.6 is 0 Å². The van der Waals surface area contributed by atoms with Crippen LogP contribution < -0.4 is 15.0 Å². The minimum absolute atomic E-state index is 0.137. The van der Waals surface area contributed by atoms with E-state index in [-0.39, 0.29) is 12.0 Å². The lowest BCUT2D eigenvalue weighted by atomic mass is 9.82. The fourth-order valence-corrected chi connectivity index (χ4v) is 5.86. The highest BCUT2D eigenvalue weighted by Gasteiger charge is 2.38. The topological polar surface area (TPSA) is 68.6 Å². The molecule has 1 atom stereocenters. The number of carbonyl (C=O) groups excluding carboxylic acids is 1. The molecule has 2 fully saturated rings. The summed E-state index contributed by atoms with van der Waals surface area (Å²) in [5.74, 6) is 0.543. The van der Waals surface area contributed by atoms with Crippen molar-refractivity contribution in [3.05, 3.63) is 60.3 Å². The third-order valence-electron chi connectivity index (χ3n) is 8.07. The third kappa shape index (κ3) is 3.97. The zero-order valence-corrected chi connectivity index (χ0v) is 19.8. The van der Waals surface area contributed by atoms with Gasteiger partial charge in [-0.15, -0.1) is 0 Å². The largest absolute Gasteiger partial charge is 0.491 e. The standard InChI is InChI=1S/C28H30N4O3/c33-27-19-2-1-3-22(14-19)34-12-13-35-23-6-11-31(18-23)26-16-24-20(15-25(26)29-27)17-32(30-24)21-4-7-28(8-5-21)9-10-28/h1-3,9-10,14-17,21,23H,4-8,11-13,18H2,(H,29,33)/t23-/m1/s1. The summed E-state index contributed by atoms with van der Waals surface area (Å²) in [5.41, 5.74) is 3.80. The van der Waals surface area contributed by atoms with Crippen LogP contribution in [-0.2, 0) is 4.74 Å². The van der Waals surface area contributed by atoms with E-state index in [0.717, 1.165) is 54.6 Å². The van der Waals surface area contributed by atoms with Gasteiger partial charge >= 0.3 is 0 Å². The molecule has 3 heterocycles. The summed E-state index contributed by atoms with van der Waals surface area (Å²) in [7, 11) is 0. The summed E-state index contributed by atoms with van der Waals surface area (Å²) in [6, 6.07) is 12.0. The highest BCUT2D eigenvalue weighted by Crippen LogP contribution is 2.50. The molecular formula is C28H30N4O3. The number of allylic oxidation sites excluding steroid dienone is 2. The van der Waals surface area contributed by atoms with Crippen molar-refractivity contribution in [1.29, 1.82) is 0 Å². The number of hydrogen-bond donors (Lipinski definition) is 1. The van der Waals surface area contributed by atoms with Gasteiger partial charge in [0.2, 0.25) is 0 Å². The van der Waals surface area contributed by atoms with E-state index in [1.807, 2.05) is 18.2 Å². The van der Waals surface area contributed by atoms with Gasteiger partial charge in [0.05, 0.1) is 35.6 Å². The highest BCUT2D eigenvalue weighted by atomic mass is 16.5. The molecule has 1 aromatic heterocycles. The van der Waals surface area contributed by atoms with Gasteiger partial charge in [-0.05, 0) is 62.4 Å². The Hall–Kier alpha value is -3.32. The molecule has 35 heavy (non-hydrogen) atoms. The Bertz CT molecular complexity index is 1310. The van der Waals surface area contributed by atoms with Crippen molar-refractivity contribution in [2.24, 2.45) is 5.41 Å². The molecule has 0 radical (unpaired) electrons. The smallest absolute Gasteiger partial charge is 0.255 e. The van der Waals surface area contributed by atoms with Crippen LogP contribution in [0.4, 0.5) is 11.4 Å². The predicted molar refractivity (Wildman–Crippen MR) is 135 cm³/mol. The Labute approximate surface area is 204 Å². The number of aromatic nitrogens is 2. The Morgan fingerprint density at radius 1 is 1.06 bits per heavy atom. The van der Waals surface area contributed by atoms with Gasteiger partial charge in [-0.25, -0.2) is 0 Å². The van der Waals surface area contributed by atoms with Crippen LogP contribution in [0.25, 0.3) is 10.9 Å². The Morgan fingerprint density at radius 2 is 1.94 bits per heavy atom. The van der Waals surface area contributed by atoms with Gasteiger partial charge < -0.3 is 19.7 Å². The zero-order valence-electron chi connectivity index (χ0n) is 19.8. The van der Waals surface area contributed by atoms with Gasteiger partial charge in [0.1, 0.15) is 12.4 Å². The summed E-state index contributed by atoms with van der Waals surface area (Å²) in [6.45, 7) is 2.67. The molecule has 4 bridgehead atoms. The first-order valence-corrected chi connectivity index (χ1v) is 12.8. The summed E-state index contributed by atoms with van der Waals surface area (Å²) in [6.07, 6.45) is 12.7. The molecule has 0 unspecified atom stereocenters. The molecule has 7 nitrogen and oxygen atoms in total. The van der Waals surface area contributed by atoms with Crippen LogP contribution in [0, 0.1) is 5.41 Å². The monoisotopic (exact) mass is 470 g/mol. The van der Waals surface area contributed by atoms with Crippen LogP contribution in [0.1, 0.15) is 48.5 Å². The van der Waals surface area contributed by atoms with E-state index in [0.29, 0.717) is 36.0 Å². The summed E-state index contributed by atoms with van der Waals surface area (Å²) in [5, 5.41) is 9.24. The molecule has 4 aliphatic rings. The van der Waals surface area contributed by atoms with Crippen molar-refractivity contribution >= 4 is 28.2 Å². The molecule has 7 rings (SSSR count). The van der Waals surface area contributed by atoms with Gasteiger partial charge in [-0.3, -0.25) is 9.48 Å². The average molecular weight is 471 g/mol. The van der Waals surface area contributed by atoms with Crippen molar-refractivity contribution in [1.82, 2.24) is 9.78 Å². The second-order valence-electron chi connectivity index (χ2n) is 10.4. The van der Waals surface area contributed by atoms with E-state index in [1.165, 1.54) is 12.8 Å². The lowest BCUT2D eigenvalue weighted by Crippen LogP contribution is -2.26. The van der Waals surface area contributed by atoms with Gasteiger partial charge in [0.25, 0.3) is 5.91 Å². The number of benzene rings is 2. The van der Waals surface area contributed by atoms with Crippen molar-refractivity contribution in [2.75, 3.05) is 36.5 Å². The minimum Gasteiger partial charge on any atom is -0.491 e. The van der Waals surface area contributed by atoms with Crippen LogP contribution in [-0.4, -0.2) is 48.1 Å². The summed E-state index contributed by atoms with van der Waals surface area (Å²) < 4.78 is 14.1. The second-order valence-corrected chi connectivity index (χ2v) is 10.4. The van der Waals surface area contributed by atoms with Gasteiger partial charge in [-0.1, -0.05) is 18.2 Å². The van der Waals surface area contributed by atoms with Gasteiger partial charge in [-0.2, -0.15) is 5.10 Å². The minimum atomic E-state index is -0.137. The van der Waals surface area contributed by atoms with E-state index < -0.39 is 0 Å². The zero-order chi connectivity index (χ0) is 23.4. The van der Waals surface area contributed by atoms with Gasteiger partial charge in [0, 0.05) is 35.7 Å². The van der Waals surface area contributed by atoms with Crippen LogP contribution in [0.3, 0.4) is 0 Å². The Kier molecular flexibility index (Phi) is 4.87. The Balaban J connectivity index is 1.24. The van der Waals surface area contributed by atoms with Crippen LogP contribution in [0.5, 0.6) is 5.75 Å². The first-order valence-electron chi connectivity index (χ1n) is 12.8. The maximum atomic E-state index is 13.2. The number of hydrogen-bond acceptors (Lipinski definition) is 5. The normalized spacial score (nSPS) is 23.6. The molecular weight excluding hydrogens is 440 g/mol. The molecule has 1 amide bonds. The fourth-order valence-electron chi connectivity index (χ4n) is 5.86. The molecule has 1 spiro atoms. The van der Waals surface area contributed by atoms with E-state index in [9.17, 15) is 4.79 Å². The molecule has 1 N–H and O–H groups in total. The predicted octanol–water partition coefficient (Wildman–Crippen LogP) is 4.95. The SMILES string of the molecule is O=C1Nc2cc3cn(C4CCC5(C=C5)CC4)nc3cc2N2CC[C@H](C2)OCCOc2cccc1c2. The average Bonchev–Trinajstić information content (AvgIpc) is 3.27. The van der Waals surface area contributed by atoms with Gasteiger partial charge in [0.15, 0.2) is 0 Å². The van der Waals surface area contributed by atoms with E-state index in [2.05, 4.69) is 45.4 Å². The van der Waals surface area contributed by atoms with Crippen molar-refractivity contribution in [3.63, 3.8) is 0 Å². The molecule has 7 heteroatoms. The summed E-state index contributed by atoms with van der Waals surface area (Å²) >= 11 is 0. The van der Waals surface area contributed by atoms with Crippen molar-refractivity contribution in [2.45, 2.75) is 44.2 Å². The first kappa shape index (κ1) is 21.0. The molecule has 2 aromatic carbocycles. The second kappa shape index (κ2) is 8.12. The molecule has 1 saturated heterocycles. The number of nitrogens with zero attached hydrogens (tertiary/aromatic N) is 3. The number of anilines is 2. The molecule has 3 aromatic rings. The van der Waals surface area contributed by atoms with Crippen LogP contribution in [0.15, 0.2) is 54.7 Å². The number of ether oxygens (including phenoxy) is 2. The highest BCUT2D eigenvalue weighted by molar-refractivity contribution is 6.07. The van der Waals surface area contributed by atoms with Crippen molar-refractivity contribution < 1.29 is 14.3 Å². The van der Waals surface area contributed by atoms with Crippen molar-refractivity contribution in [3.8, 4) is 5.75 Å². The number of nitrogens with one attached hydrogen (secondary N) is 1.